The van der Waals surface area contributed by atoms with Crippen molar-refractivity contribution in [2.24, 2.45) is 0 Å². The number of rotatable bonds is 7. The van der Waals surface area contributed by atoms with Crippen molar-refractivity contribution < 1.29 is 0 Å². The first-order chi connectivity index (χ1) is 14.3. The lowest BCUT2D eigenvalue weighted by Gasteiger charge is -2.08. The molecule has 8 heteroatoms. The third kappa shape index (κ3) is 4.17. The second kappa shape index (κ2) is 8.66. The molecule has 7 nitrogen and oxygen atoms in total. The Morgan fingerprint density at radius 2 is 1.86 bits per heavy atom. The van der Waals surface area contributed by atoms with Gasteiger partial charge in [-0.3, -0.25) is 0 Å². The molecule has 4 aromatic rings. The predicted octanol–water partition coefficient (Wildman–Crippen LogP) is 3.64. The summed E-state index contributed by atoms with van der Waals surface area (Å²) in [5, 5.41) is 20.2. The Balaban J connectivity index is 1.60. The molecule has 2 heterocycles. The van der Waals surface area contributed by atoms with Crippen LogP contribution in [-0.4, -0.2) is 40.8 Å². The highest BCUT2D eigenvalue weighted by atomic mass is 32.1. The fourth-order valence-corrected chi connectivity index (χ4v) is 3.23. The van der Waals surface area contributed by atoms with E-state index >= 15 is 0 Å². The Labute approximate surface area is 173 Å². The monoisotopic (exact) mass is 401 g/mol. The van der Waals surface area contributed by atoms with Gasteiger partial charge in [-0.2, -0.15) is 5.10 Å². The lowest BCUT2D eigenvalue weighted by atomic mass is 9.98. The minimum Gasteiger partial charge on any atom is -0.245 e. The molecule has 144 valence electrons. The molecule has 1 N–H and O–H groups in total. The molecule has 0 aliphatic carbocycles. The molecule has 2 aromatic heterocycles. The van der Waals surface area contributed by atoms with Crippen LogP contribution in [0.3, 0.4) is 0 Å². The average molecular weight is 401 g/mol. The second-order valence-corrected chi connectivity index (χ2v) is 6.66. The number of benzene rings is 2. The molecule has 0 saturated carbocycles. The topological polar surface area (TPSA) is 85.2 Å². The first kappa shape index (κ1) is 18.8. The number of hydrogen-bond donors (Lipinski definition) is 1. The minimum atomic E-state index is 0.575. The van der Waals surface area contributed by atoms with Crippen LogP contribution in [0.1, 0.15) is 24.1 Å². The summed E-state index contributed by atoms with van der Waals surface area (Å²) in [4.78, 5) is 4.54. The zero-order chi connectivity index (χ0) is 20.1. The molecule has 0 radical (unpaired) electrons. The van der Waals surface area contributed by atoms with Gasteiger partial charge < -0.3 is 0 Å². The van der Waals surface area contributed by atoms with Crippen molar-refractivity contribution in [2.75, 3.05) is 0 Å². The Morgan fingerprint density at radius 1 is 1.07 bits per heavy atom. The highest BCUT2D eigenvalue weighted by Gasteiger charge is 2.11. The first-order valence-electron chi connectivity index (χ1n) is 9.21. The van der Waals surface area contributed by atoms with Crippen molar-refractivity contribution >= 4 is 17.6 Å². The molecule has 0 bridgehead atoms. The fourth-order valence-electron chi connectivity index (χ4n) is 3.13. The molecule has 29 heavy (non-hydrogen) atoms. The van der Waals surface area contributed by atoms with E-state index in [2.05, 4.69) is 61.0 Å². The first-order valence-corrected chi connectivity index (χ1v) is 9.68. The Bertz CT molecular complexity index is 1130. The Hall–Kier alpha value is -3.52. The summed E-state index contributed by atoms with van der Waals surface area (Å²) in [5.41, 5.74) is 4.27. The summed E-state index contributed by atoms with van der Waals surface area (Å²) < 4.78 is 1.89. The van der Waals surface area contributed by atoms with E-state index in [4.69, 9.17) is 12.2 Å². The van der Waals surface area contributed by atoms with E-state index in [1.54, 1.807) is 0 Å². The van der Waals surface area contributed by atoms with Crippen molar-refractivity contribution in [3.05, 3.63) is 77.9 Å². The number of allylic oxidation sites excluding steroid dienone is 2. The maximum Gasteiger partial charge on any atom is 0.184 e. The van der Waals surface area contributed by atoms with E-state index in [-0.39, 0.29) is 0 Å². The Morgan fingerprint density at radius 3 is 2.55 bits per heavy atom. The van der Waals surface area contributed by atoms with Gasteiger partial charge in [-0.15, -0.1) is 5.10 Å². The van der Waals surface area contributed by atoms with E-state index in [0.29, 0.717) is 24.6 Å². The summed E-state index contributed by atoms with van der Waals surface area (Å²) in [6, 6.07) is 16.5. The van der Waals surface area contributed by atoms with Crippen LogP contribution in [0.5, 0.6) is 0 Å². The van der Waals surface area contributed by atoms with Gasteiger partial charge in [-0.05, 0) is 34.0 Å². The fraction of sp³-hybridized carbons (Fsp3) is 0.143. The van der Waals surface area contributed by atoms with Gasteiger partial charge in [0, 0.05) is 17.4 Å². The van der Waals surface area contributed by atoms with Crippen LogP contribution < -0.4 is 0 Å². The highest BCUT2D eigenvalue weighted by Crippen LogP contribution is 2.29. The van der Waals surface area contributed by atoms with Gasteiger partial charge >= 0.3 is 0 Å². The van der Waals surface area contributed by atoms with Crippen molar-refractivity contribution in [2.45, 2.75) is 19.9 Å². The lowest BCUT2D eigenvalue weighted by Crippen LogP contribution is -2.05. The highest BCUT2D eigenvalue weighted by molar-refractivity contribution is 7.79. The molecule has 2 aromatic carbocycles. The van der Waals surface area contributed by atoms with Crippen molar-refractivity contribution in [1.29, 1.82) is 0 Å². The molecule has 0 aliphatic rings. The maximum atomic E-state index is 4.99. The smallest absolute Gasteiger partial charge is 0.184 e. The van der Waals surface area contributed by atoms with Gasteiger partial charge in [0.1, 0.15) is 5.82 Å². The third-order valence-electron chi connectivity index (χ3n) is 4.54. The summed E-state index contributed by atoms with van der Waals surface area (Å²) in [7, 11) is 0. The molecule has 0 aliphatic heterocycles. The molecule has 0 amide bonds. The number of aromatic amines is 1. The number of aromatic nitrogens is 7. The molecule has 0 atom stereocenters. The number of nitrogens with one attached hydrogen (secondary N) is 1. The molecular formula is C21H19N7S. The Kier molecular flexibility index (Phi) is 5.62. The van der Waals surface area contributed by atoms with Crippen molar-refractivity contribution in [1.82, 2.24) is 35.4 Å². The predicted molar refractivity (Wildman–Crippen MR) is 115 cm³/mol. The van der Waals surface area contributed by atoms with E-state index in [0.717, 1.165) is 28.1 Å². The second-order valence-electron chi connectivity index (χ2n) is 6.42. The van der Waals surface area contributed by atoms with Crippen LogP contribution in [0.15, 0.2) is 60.7 Å². The van der Waals surface area contributed by atoms with Gasteiger partial charge in [0.25, 0.3) is 0 Å². The zero-order valence-electron chi connectivity index (χ0n) is 15.9. The number of thiocarbonyl (C=S) groups is 1. The quantitative estimate of drug-likeness (QED) is 0.376. The van der Waals surface area contributed by atoms with E-state index in [9.17, 15) is 0 Å². The largest absolute Gasteiger partial charge is 0.245 e. The van der Waals surface area contributed by atoms with Gasteiger partial charge in [0.05, 0.1) is 6.54 Å². The normalized spacial score (nSPS) is 11.2. The third-order valence-corrected chi connectivity index (χ3v) is 4.75. The van der Waals surface area contributed by atoms with Gasteiger partial charge in [-0.1, -0.05) is 72.9 Å². The summed E-state index contributed by atoms with van der Waals surface area (Å²) in [5.74, 6) is 2.11. The minimum absolute atomic E-state index is 0.575. The standard InChI is InChI=1S/C21H19N7S/c1-2-3-12-28-20(22-19(14-29)25-28)13-15-8-10-16(11-9-15)17-6-4-5-7-18(17)21-23-26-27-24-21/h2-11,14H,12-13H2,1H3,(H,23,24,26,27). The molecule has 0 fully saturated rings. The zero-order valence-corrected chi connectivity index (χ0v) is 16.7. The summed E-state index contributed by atoms with van der Waals surface area (Å²) >= 11 is 4.99. The van der Waals surface area contributed by atoms with Crippen LogP contribution in [0.25, 0.3) is 22.5 Å². The molecule has 0 saturated heterocycles. The van der Waals surface area contributed by atoms with Crippen molar-refractivity contribution in [3.63, 3.8) is 0 Å². The number of nitrogens with zero attached hydrogens (tertiary/aromatic N) is 6. The molecule has 4 rings (SSSR count). The number of H-pyrrole nitrogens is 1. The van der Waals surface area contributed by atoms with Crippen LogP contribution in [-0.2, 0) is 13.0 Å². The van der Waals surface area contributed by atoms with Crippen molar-refractivity contribution in [3.8, 4) is 22.5 Å². The van der Waals surface area contributed by atoms with Crippen LogP contribution >= 0.6 is 12.2 Å². The molecular weight excluding hydrogens is 382 g/mol. The summed E-state index contributed by atoms with van der Waals surface area (Å²) in [6.45, 7) is 2.67. The van der Waals surface area contributed by atoms with E-state index in [1.165, 1.54) is 5.37 Å². The van der Waals surface area contributed by atoms with Gasteiger partial charge in [0.15, 0.2) is 11.6 Å². The summed E-state index contributed by atoms with van der Waals surface area (Å²) in [6.07, 6.45) is 4.73. The lowest BCUT2D eigenvalue weighted by molar-refractivity contribution is 0.659. The number of hydrogen-bond acceptors (Lipinski definition) is 6. The van der Waals surface area contributed by atoms with E-state index in [1.807, 2.05) is 42.0 Å². The SMILES string of the molecule is CC=CCn1nc(C=S)nc1Cc1ccc(-c2ccccc2-c2nnn[nH]2)cc1. The van der Waals surface area contributed by atoms with Crippen LogP contribution in [0.2, 0.25) is 0 Å². The average Bonchev–Trinajstić information content (AvgIpc) is 3.43. The van der Waals surface area contributed by atoms with E-state index < -0.39 is 0 Å². The molecule has 0 unspecified atom stereocenters. The van der Waals surface area contributed by atoms with Crippen LogP contribution in [0.4, 0.5) is 0 Å². The molecule has 0 spiro atoms. The maximum absolute atomic E-state index is 4.99. The number of tetrazole rings is 1. The van der Waals surface area contributed by atoms with Crippen LogP contribution in [0, 0.1) is 0 Å². The van der Waals surface area contributed by atoms with Gasteiger partial charge in [0.2, 0.25) is 0 Å². The van der Waals surface area contributed by atoms with Gasteiger partial charge in [-0.25, -0.2) is 14.8 Å².